The van der Waals surface area contributed by atoms with E-state index in [0.29, 0.717) is 30.8 Å². The second kappa shape index (κ2) is 16.8. The Bertz CT molecular complexity index is 308. The van der Waals surface area contributed by atoms with Crippen LogP contribution in [0.3, 0.4) is 0 Å². The second-order valence-electron chi connectivity index (χ2n) is 7.62. The van der Waals surface area contributed by atoms with E-state index in [1.54, 1.807) is 0 Å². The lowest BCUT2D eigenvalue weighted by molar-refractivity contribution is -0.883. The molecule has 0 atom stereocenters. The monoisotopic (exact) mass is 360 g/mol. The third kappa shape index (κ3) is 19.5. The zero-order chi connectivity index (χ0) is 18.8. The van der Waals surface area contributed by atoms with Crippen molar-refractivity contribution >= 4 is 5.97 Å². The molecule has 1 N–H and O–H groups in total. The van der Waals surface area contributed by atoms with Gasteiger partial charge < -0.3 is 19.1 Å². The third-order valence-electron chi connectivity index (χ3n) is 4.42. The Balaban J connectivity index is 3.18. The molecule has 0 aromatic rings. The van der Waals surface area contributed by atoms with Gasteiger partial charge in [0, 0.05) is 6.61 Å². The van der Waals surface area contributed by atoms with Crippen molar-refractivity contribution in [3.8, 4) is 0 Å². The number of unbranched alkanes of at least 4 members (excludes halogenated alkanes) is 9. The highest BCUT2D eigenvalue weighted by atomic mass is 16.5. The van der Waals surface area contributed by atoms with Crippen molar-refractivity contribution in [2.75, 3.05) is 53.6 Å². The summed E-state index contributed by atoms with van der Waals surface area (Å²) in [5.74, 6) is -0.773. The van der Waals surface area contributed by atoms with Crippen molar-refractivity contribution in [2.45, 2.75) is 71.1 Å². The molecule has 25 heavy (non-hydrogen) atoms. The first-order valence-corrected chi connectivity index (χ1v) is 10.2. The number of ether oxygens (including phenoxy) is 2. The maximum atomic E-state index is 10.7. The number of hydrogen-bond donors (Lipinski definition) is 1. The quantitative estimate of drug-likeness (QED) is 0.278. The largest absolute Gasteiger partial charge is 0.477 e. The van der Waals surface area contributed by atoms with Gasteiger partial charge >= 0.3 is 5.97 Å². The molecule has 0 unspecified atom stereocenters. The minimum atomic E-state index is -0.773. The number of carbonyl (C=O) groups is 1. The molecule has 0 heterocycles. The van der Waals surface area contributed by atoms with Crippen LogP contribution in [0.4, 0.5) is 0 Å². The minimum absolute atomic E-state index is 0.124. The summed E-state index contributed by atoms with van der Waals surface area (Å²) in [5.41, 5.74) is 0. The van der Waals surface area contributed by atoms with Crippen molar-refractivity contribution in [3.63, 3.8) is 0 Å². The van der Waals surface area contributed by atoms with Crippen molar-refractivity contribution < 1.29 is 23.9 Å². The summed E-state index contributed by atoms with van der Waals surface area (Å²) in [6.07, 6.45) is 13.4. The first kappa shape index (κ1) is 24.4. The first-order chi connectivity index (χ1) is 12.0. The summed E-state index contributed by atoms with van der Waals surface area (Å²) in [7, 11) is 3.80. The molecule has 0 aliphatic heterocycles. The molecule has 0 aromatic carbocycles. The molecule has 0 aliphatic rings. The van der Waals surface area contributed by atoms with E-state index in [1.165, 1.54) is 57.8 Å². The summed E-state index contributed by atoms with van der Waals surface area (Å²) < 4.78 is 11.5. The van der Waals surface area contributed by atoms with Gasteiger partial charge in [-0.05, 0) is 6.42 Å². The van der Waals surface area contributed by atoms with Crippen molar-refractivity contribution in [2.24, 2.45) is 0 Å². The van der Waals surface area contributed by atoms with Gasteiger partial charge in [0.25, 0.3) is 0 Å². The Labute approximate surface area is 155 Å². The average molecular weight is 361 g/mol. The van der Waals surface area contributed by atoms with Crippen LogP contribution in [0.2, 0.25) is 0 Å². The Morgan fingerprint density at radius 2 is 1.24 bits per heavy atom. The molecule has 5 heteroatoms. The highest BCUT2D eigenvalue weighted by Gasteiger charge is 2.18. The number of carboxylic acid groups (broad SMARTS) is 1. The lowest BCUT2D eigenvalue weighted by Gasteiger charge is -2.27. The van der Waals surface area contributed by atoms with Crippen LogP contribution in [0.1, 0.15) is 71.1 Å². The molecule has 0 bridgehead atoms. The van der Waals surface area contributed by atoms with Crippen molar-refractivity contribution in [1.29, 1.82) is 0 Å². The van der Waals surface area contributed by atoms with Crippen LogP contribution in [0, 0.1) is 0 Å². The normalized spacial score (nSPS) is 11.8. The predicted octanol–water partition coefficient (Wildman–Crippen LogP) is 4.10. The molecule has 0 saturated carbocycles. The lowest BCUT2D eigenvalue weighted by atomic mass is 10.1. The molecule has 0 radical (unpaired) electrons. The Morgan fingerprint density at radius 3 is 1.76 bits per heavy atom. The molecule has 0 aliphatic carbocycles. The standard InChI is InChI=1S/C20H41NO4/c1-4-5-6-7-8-9-10-11-12-13-15-24-17-18-25-16-14-21(2,3)19-20(22)23/h4-19H2,1-3H3/p+1. The van der Waals surface area contributed by atoms with Crippen LogP contribution >= 0.6 is 0 Å². The highest BCUT2D eigenvalue weighted by Crippen LogP contribution is 2.10. The van der Waals surface area contributed by atoms with Gasteiger partial charge in [-0.3, -0.25) is 0 Å². The van der Waals surface area contributed by atoms with Gasteiger partial charge in [-0.15, -0.1) is 0 Å². The Kier molecular flexibility index (Phi) is 16.4. The predicted molar refractivity (Wildman–Crippen MR) is 103 cm³/mol. The van der Waals surface area contributed by atoms with E-state index in [4.69, 9.17) is 14.6 Å². The van der Waals surface area contributed by atoms with Crippen LogP contribution in [0.25, 0.3) is 0 Å². The Hall–Kier alpha value is -0.650. The zero-order valence-corrected chi connectivity index (χ0v) is 16.9. The fraction of sp³-hybridized carbons (Fsp3) is 0.950. The SMILES string of the molecule is CCCCCCCCCCCCOCCOCC[N+](C)(C)CC(=O)O. The van der Waals surface area contributed by atoms with Gasteiger partial charge in [0.05, 0.1) is 33.9 Å². The molecule has 0 aromatic heterocycles. The smallest absolute Gasteiger partial charge is 0.359 e. The number of nitrogens with zero attached hydrogens (tertiary/aromatic N) is 1. The van der Waals surface area contributed by atoms with Crippen LogP contribution < -0.4 is 0 Å². The number of aliphatic carboxylic acids is 1. The average Bonchev–Trinajstić information content (AvgIpc) is 2.53. The second-order valence-corrected chi connectivity index (χ2v) is 7.62. The fourth-order valence-corrected chi connectivity index (χ4v) is 2.77. The topological polar surface area (TPSA) is 55.8 Å². The molecule has 0 amide bonds. The van der Waals surface area contributed by atoms with E-state index in [9.17, 15) is 4.79 Å². The first-order valence-electron chi connectivity index (χ1n) is 10.2. The summed E-state index contributed by atoms with van der Waals surface area (Å²) >= 11 is 0. The lowest BCUT2D eigenvalue weighted by Crippen LogP contribution is -2.46. The van der Waals surface area contributed by atoms with Crippen molar-refractivity contribution in [1.82, 2.24) is 0 Å². The van der Waals surface area contributed by atoms with E-state index in [1.807, 2.05) is 14.1 Å². The van der Waals surface area contributed by atoms with Crippen molar-refractivity contribution in [3.05, 3.63) is 0 Å². The zero-order valence-electron chi connectivity index (χ0n) is 16.9. The molecule has 0 fully saturated rings. The van der Waals surface area contributed by atoms with E-state index >= 15 is 0 Å². The molecule has 0 rings (SSSR count). The van der Waals surface area contributed by atoms with E-state index in [0.717, 1.165) is 13.0 Å². The van der Waals surface area contributed by atoms with Gasteiger partial charge in [-0.1, -0.05) is 64.7 Å². The number of carboxylic acids is 1. The molecular weight excluding hydrogens is 318 g/mol. The van der Waals surface area contributed by atoms with E-state index in [2.05, 4.69) is 6.92 Å². The van der Waals surface area contributed by atoms with E-state index < -0.39 is 5.97 Å². The number of quaternary nitrogens is 1. The maximum absolute atomic E-state index is 10.7. The number of rotatable bonds is 19. The third-order valence-corrected chi connectivity index (χ3v) is 4.42. The van der Waals surface area contributed by atoms with Crippen LogP contribution in [-0.4, -0.2) is 69.2 Å². The molecule has 0 spiro atoms. The summed E-state index contributed by atoms with van der Waals surface area (Å²) in [4.78, 5) is 10.7. The van der Waals surface area contributed by atoms with Gasteiger partial charge in [0.1, 0.15) is 6.54 Å². The summed E-state index contributed by atoms with van der Waals surface area (Å²) in [6.45, 7) is 5.69. The van der Waals surface area contributed by atoms with Crippen LogP contribution in [0.5, 0.6) is 0 Å². The molecular formula is C20H42NO4+. The molecule has 150 valence electrons. The Morgan fingerprint density at radius 1 is 0.760 bits per heavy atom. The minimum Gasteiger partial charge on any atom is -0.477 e. The van der Waals surface area contributed by atoms with Gasteiger partial charge in [-0.2, -0.15) is 0 Å². The maximum Gasteiger partial charge on any atom is 0.359 e. The number of hydrogen-bond acceptors (Lipinski definition) is 3. The van der Waals surface area contributed by atoms with Gasteiger partial charge in [-0.25, -0.2) is 4.79 Å². The molecule has 5 nitrogen and oxygen atoms in total. The van der Waals surface area contributed by atoms with E-state index in [-0.39, 0.29) is 6.54 Å². The molecule has 0 saturated heterocycles. The van der Waals surface area contributed by atoms with Crippen LogP contribution in [-0.2, 0) is 14.3 Å². The summed E-state index contributed by atoms with van der Waals surface area (Å²) in [5, 5.41) is 8.81. The summed E-state index contributed by atoms with van der Waals surface area (Å²) in [6, 6.07) is 0. The highest BCUT2D eigenvalue weighted by molar-refractivity contribution is 5.67. The van der Waals surface area contributed by atoms with Gasteiger partial charge in [0.2, 0.25) is 0 Å². The van der Waals surface area contributed by atoms with Gasteiger partial charge in [0.15, 0.2) is 6.54 Å². The fourth-order valence-electron chi connectivity index (χ4n) is 2.77. The number of likely N-dealkylation sites (N-methyl/N-ethyl adjacent to an activating group) is 1. The van der Waals surface area contributed by atoms with Crippen LogP contribution in [0.15, 0.2) is 0 Å².